The van der Waals surface area contributed by atoms with Crippen LogP contribution in [-0.2, 0) is 22.1 Å². The molecule has 7 heteroatoms. The molecule has 1 unspecified atom stereocenters. The quantitative estimate of drug-likeness (QED) is 0.110. The Morgan fingerprint density at radius 2 is 1.89 bits per heavy atom. The number of benzene rings is 2. The summed E-state index contributed by atoms with van der Waals surface area (Å²) in [6.45, 7) is 11.2. The number of rotatable bonds is 11. The van der Waals surface area contributed by atoms with Crippen molar-refractivity contribution in [1.29, 1.82) is 0 Å². The third kappa shape index (κ3) is 7.42. The summed E-state index contributed by atoms with van der Waals surface area (Å²) in [5.74, 6) is -0.265. The molecule has 0 aliphatic heterocycles. The molecular formula is C29H33F3O3S. The summed E-state index contributed by atoms with van der Waals surface area (Å²) < 4.78 is 53.1. The molecule has 0 saturated heterocycles. The minimum absolute atomic E-state index is 0.0475. The molecule has 36 heavy (non-hydrogen) atoms. The average molecular weight is 519 g/mol. The Hall–Kier alpha value is -2.67. The highest BCUT2D eigenvalue weighted by Gasteiger charge is 2.35. The molecule has 1 atom stereocenters. The normalized spacial score (nSPS) is 13.1. The van der Waals surface area contributed by atoms with Gasteiger partial charge in [0.1, 0.15) is 16.9 Å². The van der Waals surface area contributed by atoms with E-state index in [-0.39, 0.29) is 16.6 Å². The number of alkyl halides is 3. The Morgan fingerprint density at radius 3 is 2.56 bits per heavy atom. The number of hydrogen-bond acceptors (Lipinski definition) is 4. The Kier molecular flexibility index (Phi) is 8.98. The maximum Gasteiger partial charge on any atom is 0.417 e. The van der Waals surface area contributed by atoms with Crippen molar-refractivity contribution in [2.45, 2.75) is 81.7 Å². The molecule has 1 heterocycles. The number of halogens is 3. The number of furan rings is 1. The largest absolute Gasteiger partial charge is 0.456 e. The van der Waals surface area contributed by atoms with E-state index in [1.165, 1.54) is 12.1 Å². The fraction of sp³-hybridized carbons (Fsp3) is 0.414. The Labute approximate surface area is 215 Å². The first kappa shape index (κ1) is 27.9. The summed E-state index contributed by atoms with van der Waals surface area (Å²) in [7, 11) is 0. The highest BCUT2D eigenvalue weighted by molar-refractivity contribution is 8.00. The molecular weight excluding hydrogens is 485 g/mol. The second kappa shape index (κ2) is 11.6. The van der Waals surface area contributed by atoms with Gasteiger partial charge in [0.25, 0.3) is 0 Å². The first-order chi connectivity index (χ1) is 16.9. The lowest BCUT2D eigenvalue weighted by atomic mass is 9.98. The van der Waals surface area contributed by atoms with E-state index in [4.69, 9.17) is 9.15 Å². The second-order valence-electron chi connectivity index (χ2n) is 9.66. The zero-order chi connectivity index (χ0) is 26.5. The summed E-state index contributed by atoms with van der Waals surface area (Å²) >= 11 is 1.59. The van der Waals surface area contributed by atoms with Crippen molar-refractivity contribution in [3.05, 3.63) is 66.2 Å². The summed E-state index contributed by atoms with van der Waals surface area (Å²) in [4.78, 5) is 12.5. The van der Waals surface area contributed by atoms with Gasteiger partial charge < -0.3 is 9.15 Å². The van der Waals surface area contributed by atoms with Crippen LogP contribution in [0.5, 0.6) is 0 Å². The molecule has 0 radical (unpaired) electrons. The summed E-state index contributed by atoms with van der Waals surface area (Å²) in [6.07, 6.45) is 0.772. The lowest BCUT2D eigenvalue weighted by Crippen LogP contribution is -2.30. The van der Waals surface area contributed by atoms with Crippen LogP contribution in [0.4, 0.5) is 13.2 Å². The first-order valence-corrected chi connectivity index (χ1v) is 13.1. The number of ether oxygens (including phenoxy) is 1. The van der Waals surface area contributed by atoms with Gasteiger partial charge in [0.05, 0.1) is 5.56 Å². The lowest BCUT2D eigenvalue weighted by molar-refractivity contribution is -0.150. The van der Waals surface area contributed by atoms with Gasteiger partial charge in [-0.15, -0.1) is 11.8 Å². The molecule has 194 valence electrons. The van der Waals surface area contributed by atoms with Gasteiger partial charge in [-0.2, -0.15) is 13.2 Å². The van der Waals surface area contributed by atoms with Crippen molar-refractivity contribution in [2.75, 3.05) is 0 Å². The van der Waals surface area contributed by atoms with Crippen LogP contribution in [0, 0.1) is 0 Å². The molecule has 0 N–H and O–H groups in total. The minimum Gasteiger partial charge on any atom is -0.456 e. The molecule has 3 aromatic rings. The predicted octanol–water partition coefficient (Wildman–Crippen LogP) is 9.23. The SMILES string of the molecule is C=CC(=O)OC(C)(C)CC(C)Sc1ccc2cc(-c3ccc(CCCCC)cc3C(F)(F)F)oc2c1. The minimum atomic E-state index is -4.48. The van der Waals surface area contributed by atoms with E-state index in [9.17, 15) is 18.0 Å². The lowest BCUT2D eigenvalue weighted by Gasteiger charge is -2.27. The molecule has 0 spiro atoms. The predicted molar refractivity (Wildman–Crippen MR) is 140 cm³/mol. The number of thioether (sulfide) groups is 1. The molecule has 2 aromatic carbocycles. The zero-order valence-corrected chi connectivity index (χ0v) is 22.0. The number of carbonyl (C=O) groups excluding carboxylic acids is 1. The molecule has 0 aliphatic rings. The maximum absolute atomic E-state index is 13.9. The summed E-state index contributed by atoms with van der Waals surface area (Å²) in [5, 5.41) is 0.851. The topological polar surface area (TPSA) is 39.4 Å². The standard InChI is InChI=1S/C29H33F3O3S/c1-6-8-9-10-20-11-14-23(24(15-20)29(30,31)32)26-16-21-12-13-22(17-25(21)34-26)36-19(3)18-28(4,5)35-27(33)7-2/h7,11-17,19H,2,6,8-10,18H2,1,3-5H3. The first-order valence-electron chi connectivity index (χ1n) is 12.2. The molecule has 0 bridgehead atoms. The fourth-order valence-electron chi connectivity index (χ4n) is 4.31. The van der Waals surface area contributed by atoms with Crippen molar-refractivity contribution in [3.8, 4) is 11.3 Å². The number of aryl methyl sites for hydroxylation is 1. The van der Waals surface area contributed by atoms with Crippen molar-refractivity contribution < 1.29 is 27.1 Å². The van der Waals surface area contributed by atoms with Crippen LogP contribution >= 0.6 is 11.8 Å². The van der Waals surface area contributed by atoms with Crippen LogP contribution in [0.2, 0.25) is 0 Å². The van der Waals surface area contributed by atoms with E-state index in [0.717, 1.165) is 35.6 Å². The molecule has 3 rings (SSSR count). The van der Waals surface area contributed by atoms with Gasteiger partial charge in [0.2, 0.25) is 0 Å². The van der Waals surface area contributed by atoms with Gasteiger partial charge >= 0.3 is 12.1 Å². The van der Waals surface area contributed by atoms with Crippen LogP contribution in [-0.4, -0.2) is 16.8 Å². The second-order valence-corrected chi connectivity index (χ2v) is 11.2. The summed E-state index contributed by atoms with van der Waals surface area (Å²) in [6, 6.07) is 11.8. The van der Waals surface area contributed by atoms with Gasteiger partial charge in [-0.1, -0.05) is 45.4 Å². The van der Waals surface area contributed by atoms with Crippen LogP contribution < -0.4 is 0 Å². The van der Waals surface area contributed by atoms with Gasteiger partial charge in [0.15, 0.2) is 0 Å². The smallest absolute Gasteiger partial charge is 0.417 e. The van der Waals surface area contributed by atoms with Crippen molar-refractivity contribution in [1.82, 2.24) is 0 Å². The maximum atomic E-state index is 13.9. The van der Waals surface area contributed by atoms with Crippen LogP contribution in [0.25, 0.3) is 22.3 Å². The molecule has 0 saturated carbocycles. The van der Waals surface area contributed by atoms with Gasteiger partial charge in [-0.3, -0.25) is 0 Å². The van der Waals surface area contributed by atoms with Gasteiger partial charge in [-0.05, 0) is 69.0 Å². The third-order valence-corrected chi connectivity index (χ3v) is 6.97. The van der Waals surface area contributed by atoms with E-state index in [1.807, 2.05) is 39.0 Å². The summed E-state index contributed by atoms with van der Waals surface area (Å²) in [5.41, 5.74) is -0.0675. The van der Waals surface area contributed by atoms with Gasteiger partial charge in [0, 0.05) is 27.2 Å². The van der Waals surface area contributed by atoms with E-state index in [1.54, 1.807) is 23.9 Å². The number of esters is 1. The Bertz CT molecular complexity index is 1210. The number of hydrogen-bond donors (Lipinski definition) is 0. The van der Waals surface area contributed by atoms with E-state index >= 15 is 0 Å². The Balaban J connectivity index is 1.82. The highest BCUT2D eigenvalue weighted by atomic mass is 32.2. The number of fused-ring (bicyclic) bond motifs is 1. The van der Waals surface area contributed by atoms with Crippen molar-refractivity contribution >= 4 is 28.7 Å². The Morgan fingerprint density at radius 1 is 1.14 bits per heavy atom. The van der Waals surface area contributed by atoms with Crippen molar-refractivity contribution in [2.24, 2.45) is 0 Å². The number of unbranched alkanes of at least 4 members (excludes halogenated alkanes) is 2. The fourth-order valence-corrected chi connectivity index (χ4v) is 5.59. The van der Waals surface area contributed by atoms with Crippen LogP contribution in [0.15, 0.2) is 64.4 Å². The third-order valence-electron chi connectivity index (χ3n) is 5.88. The zero-order valence-electron chi connectivity index (χ0n) is 21.2. The average Bonchev–Trinajstić information content (AvgIpc) is 3.21. The molecule has 0 amide bonds. The van der Waals surface area contributed by atoms with E-state index < -0.39 is 23.3 Å². The van der Waals surface area contributed by atoms with Crippen LogP contribution in [0.3, 0.4) is 0 Å². The molecule has 0 aliphatic carbocycles. The molecule has 3 nitrogen and oxygen atoms in total. The van der Waals surface area contributed by atoms with Crippen molar-refractivity contribution in [3.63, 3.8) is 0 Å². The van der Waals surface area contributed by atoms with Crippen LogP contribution in [0.1, 0.15) is 64.5 Å². The molecule has 1 aromatic heterocycles. The highest BCUT2D eigenvalue weighted by Crippen LogP contribution is 2.40. The number of carbonyl (C=O) groups is 1. The van der Waals surface area contributed by atoms with E-state index in [0.29, 0.717) is 24.0 Å². The monoisotopic (exact) mass is 518 g/mol. The van der Waals surface area contributed by atoms with E-state index in [2.05, 4.69) is 13.5 Å². The van der Waals surface area contributed by atoms with Gasteiger partial charge in [-0.25, -0.2) is 4.79 Å². The molecule has 0 fully saturated rings.